The number of alkyl halides is 3. The molecule has 146 valence electrons. The van der Waals surface area contributed by atoms with E-state index in [4.69, 9.17) is 4.74 Å². The lowest BCUT2D eigenvalue weighted by atomic mass is 10.0. The molecule has 6 nitrogen and oxygen atoms in total. The fraction of sp³-hybridized carbons (Fsp3) is 0.562. The SMILES string of the molecule is CC(c1cnc2c(c1)c(C(=O)O)nn2COCCS(C)(C)C)C(F)(F)F. The highest BCUT2D eigenvalue weighted by Crippen LogP contribution is 2.35. The Morgan fingerprint density at radius 2 is 2.04 bits per heavy atom. The summed E-state index contributed by atoms with van der Waals surface area (Å²) in [5.41, 5.74) is -0.262. The summed E-state index contributed by atoms with van der Waals surface area (Å²) in [6.45, 7) is 1.47. The van der Waals surface area contributed by atoms with Crippen molar-refractivity contribution in [3.05, 3.63) is 23.5 Å². The molecule has 2 aromatic heterocycles. The Kier molecular flexibility index (Phi) is 5.86. The number of carboxylic acids is 1. The van der Waals surface area contributed by atoms with Crippen molar-refractivity contribution in [2.45, 2.75) is 25.7 Å². The van der Waals surface area contributed by atoms with E-state index in [1.807, 2.05) is 0 Å². The molecule has 1 atom stereocenters. The molecular weight excluding hydrogens is 371 g/mol. The molecule has 0 aliphatic carbocycles. The molecule has 0 aliphatic heterocycles. The summed E-state index contributed by atoms with van der Waals surface area (Å²) in [6, 6.07) is 1.19. The van der Waals surface area contributed by atoms with Crippen LogP contribution < -0.4 is 0 Å². The number of carbonyl (C=O) groups is 1. The molecule has 0 aromatic carbocycles. The number of aromatic nitrogens is 3. The fourth-order valence-electron chi connectivity index (χ4n) is 2.21. The molecule has 26 heavy (non-hydrogen) atoms. The number of carboxylic acid groups (broad SMARTS) is 1. The van der Waals surface area contributed by atoms with Crippen LogP contribution in [0.3, 0.4) is 0 Å². The predicted octanol–water partition coefficient (Wildman–Crippen LogP) is 3.46. The second-order valence-corrected chi connectivity index (χ2v) is 11.5. The van der Waals surface area contributed by atoms with E-state index < -0.39 is 28.1 Å². The standard InChI is InChI=1S/C16H22F3N3O3S/c1-10(16(17,18)19)11-7-12-13(15(23)24)21-22(14(12)20-8-11)9-25-5-6-26(2,3)4/h7-8,10H,5-6,9H2,1-4H3,(H,23,24). The van der Waals surface area contributed by atoms with E-state index >= 15 is 0 Å². The zero-order valence-corrected chi connectivity index (χ0v) is 15.8. The van der Waals surface area contributed by atoms with Crippen molar-refractivity contribution in [2.24, 2.45) is 0 Å². The van der Waals surface area contributed by atoms with Crippen LogP contribution in [0.2, 0.25) is 0 Å². The second-order valence-electron chi connectivity index (χ2n) is 6.89. The highest BCUT2D eigenvalue weighted by Gasteiger charge is 2.37. The maximum Gasteiger partial charge on any atom is 0.395 e. The van der Waals surface area contributed by atoms with E-state index in [2.05, 4.69) is 28.8 Å². The first kappa shape index (κ1) is 20.5. The Hall–Kier alpha value is -1.81. The van der Waals surface area contributed by atoms with Gasteiger partial charge < -0.3 is 9.84 Å². The monoisotopic (exact) mass is 393 g/mol. The quantitative estimate of drug-likeness (QED) is 0.729. The summed E-state index contributed by atoms with van der Waals surface area (Å²) in [5.74, 6) is -2.21. The lowest BCUT2D eigenvalue weighted by molar-refractivity contribution is -0.146. The minimum Gasteiger partial charge on any atom is -0.476 e. The zero-order valence-electron chi connectivity index (χ0n) is 15.0. The molecule has 0 amide bonds. The van der Waals surface area contributed by atoms with Gasteiger partial charge in [0.15, 0.2) is 11.3 Å². The normalized spacial score (nSPS) is 14.6. The van der Waals surface area contributed by atoms with E-state index in [0.717, 1.165) is 18.9 Å². The number of nitrogens with zero attached hydrogens (tertiary/aromatic N) is 3. The number of rotatable bonds is 7. The van der Waals surface area contributed by atoms with Crippen molar-refractivity contribution >= 4 is 27.0 Å². The number of pyridine rings is 1. The molecule has 0 aliphatic rings. The largest absolute Gasteiger partial charge is 0.476 e. The Morgan fingerprint density at radius 3 is 2.58 bits per heavy atom. The molecule has 10 heteroatoms. The van der Waals surface area contributed by atoms with Crippen molar-refractivity contribution in [3.63, 3.8) is 0 Å². The third kappa shape index (κ3) is 4.88. The van der Waals surface area contributed by atoms with E-state index in [0.29, 0.717) is 6.61 Å². The van der Waals surface area contributed by atoms with Gasteiger partial charge in [0.05, 0.1) is 17.9 Å². The minimum absolute atomic E-state index is 0.0134. The molecule has 0 saturated carbocycles. The zero-order chi connectivity index (χ0) is 19.7. The molecule has 0 radical (unpaired) electrons. The number of hydrogen-bond donors (Lipinski definition) is 1. The number of fused-ring (bicyclic) bond motifs is 1. The van der Waals surface area contributed by atoms with Gasteiger partial charge in [-0.1, -0.05) is 0 Å². The Bertz CT molecular complexity index is 800. The van der Waals surface area contributed by atoms with Gasteiger partial charge in [-0.05, 0) is 37.3 Å². The summed E-state index contributed by atoms with van der Waals surface area (Å²) >= 11 is 0. The van der Waals surface area contributed by atoms with Crippen LogP contribution in [-0.2, 0) is 11.5 Å². The van der Waals surface area contributed by atoms with Crippen LogP contribution in [0.1, 0.15) is 28.9 Å². The maximum atomic E-state index is 12.9. The molecule has 2 aromatic rings. The van der Waals surface area contributed by atoms with Gasteiger partial charge in [-0.3, -0.25) is 0 Å². The summed E-state index contributed by atoms with van der Waals surface area (Å²) in [7, 11) is -0.729. The van der Waals surface area contributed by atoms with Gasteiger partial charge >= 0.3 is 12.1 Å². The molecular formula is C16H22F3N3O3S. The molecule has 1 N–H and O–H groups in total. The van der Waals surface area contributed by atoms with Gasteiger partial charge in [0.1, 0.15) is 6.73 Å². The van der Waals surface area contributed by atoms with Crippen molar-refractivity contribution in [1.82, 2.24) is 14.8 Å². The Labute approximate surface area is 150 Å². The van der Waals surface area contributed by atoms with Crippen molar-refractivity contribution in [3.8, 4) is 0 Å². The lowest BCUT2D eigenvalue weighted by Crippen LogP contribution is -2.18. The third-order valence-corrected chi connectivity index (χ3v) is 5.25. The number of halogens is 3. The van der Waals surface area contributed by atoms with Crippen molar-refractivity contribution < 1.29 is 27.8 Å². The first-order valence-corrected chi connectivity index (χ1v) is 10.8. The average molecular weight is 393 g/mol. The highest BCUT2D eigenvalue weighted by atomic mass is 32.3. The molecule has 0 bridgehead atoms. The van der Waals surface area contributed by atoms with E-state index in [-0.39, 0.29) is 29.0 Å². The summed E-state index contributed by atoms with van der Waals surface area (Å²) in [6.07, 6.45) is 3.10. The minimum atomic E-state index is -4.44. The van der Waals surface area contributed by atoms with Gasteiger partial charge in [-0.25, -0.2) is 24.5 Å². The van der Waals surface area contributed by atoms with E-state index in [9.17, 15) is 23.1 Å². The van der Waals surface area contributed by atoms with Crippen molar-refractivity contribution in [2.75, 3.05) is 31.1 Å². The van der Waals surface area contributed by atoms with E-state index in [1.165, 1.54) is 10.7 Å². The van der Waals surface area contributed by atoms with Crippen LogP contribution in [0.5, 0.6) is 0 Å². The number of hydrogen-bond acceptors (Lipinski definition) is 4. The second kappa shape index (κ2) is 7.43. The van der Waals surface area contributed by atoms with Gasteiger partial charge in [0.2, 0.25) is 0 Å². The molecule has 2 rings (SSSR count). The summed E-state index contributed by atoms with van der Waals surface area (Å²) in [5, 5.41) is 13.3. The summed E-state index contributed by atoms with van der Waals surface area (Å²) < 4.78 is 45.6. The first-order chi connectivity index (χ1) is 11.9. The lowest BCUT2D eigenvalue weighted by Gasteiger charge is -2.24. The number of aromatic carboxylic acids is 1. The summed E-state index contributed by atoms with van der Waals surface area (Å²) in [4.78, 5) is 15.4. The van der Waals surface area contributed by atoms with Crippen LogP contribution in [0.25, 0.3) is 11.0 Å². The van der Waals surface area contributed by atoms with Gasteiger partial charge in [0.25, 0.3) is 0 Å². The Balaban J connectivity index is 2.31. The van der Waals surface area contributed by atoms with Crippen LogP contribution in [0.4, 0.5) is 13.2 Å². The molecule has 0 spiro atoms. The number of ether oxygens (including phenoxy) is 1. The smallest absolute Gasteiger partial charge is 0.395 e. The highest BCUT2D eigenvalue weighted by molar-refractivity contribution is 8.32. The fourth-order valence-corrected chi connectivity index (χ4v) is 2.83. The molecule has 2 heterocycles. The molecule has 1 unspecified atom stereocenters. The van der Waals surface area contributed by atoms with Crippen molar-refractivity contribution in [1.29, 1.82) is 0 Å². The van der Waals surface area contributed by atoms with Gasteiger partial charge in [0, 0.05) is 11.9 Å². The Morgan fingerprint density at radius 1 is 1.38 bits per heavy atom. The van der Waals surface area contributed by atoms with Gasteiger partial charge in [-0.2, -0.15) is 18.3 Å². The first-order valence-electron chi connectivity index (χ1n) is 7.80. The van der Waals surface area contributed by atoms with Crippen LogP contribution in [0.15, 0.2) is 12.3 Å². The molecule has 0 saturated heterocycles. The van der Waals surface area contributed by atoms with Crippen LogP contribution in [-0.4, -0.2) is 63.1 Å². The van der Waals surface area contributed by atoms with Crippen LogP contribution in [0, 0.1) is 0 Å². The van der Waals surface area contributed by atoms with Gasteiger partial charge in [-0.15, -0.1) is 0 Å². The average Bonchev–Trinajstić information content (AvgIpc) is 2.87. The molecule has 0 fully saturated rings. The third-order valence-electron chi connectivity index (χ3n) is 3.86. The topological polar surface area (TPSA) is 77.2 Å². The predicted molar refractivity (Wildman–Crippen MR) is 95.1 cm³/mol. The van der Waals surface area contributed by atoms with E-state index in [1.54, 1.807) is 0 Å². The maximum absolute atomic E-state index is 12.9. The van der Waals surface area contributed by atoms with Crippen LogP contribution >= 0.6 is 10.0 Å².